The Bertz CT molecular complexity index is 802. The van der Waals surface area contributed by atoms with Crippen LogP contribution in [-0.2, 0) is 5.75 Å². The number of nitrogens with one attached hydrogen (secondary N) is 1. The van der Waals surface area contributed by atoms with E-state index in [1.54, 1.807) is 23.1 Å². The molecule has 4 nitrogen and oxygen atoms in total. The van der Waals surface area contributed by atoms with E-state index in [0.29, 0.717) is 23.0 Å². The lowest BCUT2D eigenvalue weighted by atomic mass is 10.2. The van der Waals surface area contributed by atoms with Crippen LogP contribution in [0, 0.1) is 5.82 Å². The fraction of sp³-hybridized carbons (Fsp3) is 0.111. The molecular weight excluding hydrogens is 323 g/mol. The van der Waals surface area contributed by atoms with Crippen LogP contribution in [0.4, 0.5) is 4.39 Å². The van der Waals surface area contributed by atoms with Crippen molar-refractivity contribution >= 4 is 17.8 Å². The molecule has 1 N–H and O–H groups in total. The van der Waals surface area contributed by atoms with E-state index in [4.69, 9.17) is 0 Å². The number of hydrogen-bond donors (Lipinski definition) is 1. The molecule has 0 aliphatic heterocycles. The quantitative estimate of drug-likeness (QED) is 0.661. The predicted octanol–water partition coefficient (Wildman–Crippen LogP) is 3.97. The first-order chi connectivity index (χ1) is 11.8. The van der Waals surface area contributed by atoms with E-state index in [1.165, 1.54) is 17.8 Å². The first-order valence-corrected chi connectivity index (χ1v) is 8.53. The Morgan fingerprint density at radius 3 is 2.71 bits per heavy atom. The van der Waals surface area contributed by atoms with Crippen LogP contribution in [0.5, 0.6) is 0 Å². The third-order valence-electron chi connectivity index (χ3n) is 3.32. The van der Waals surface area contributed by atoms with Gasteiger partial charge in [-0.3, -0.25) is 0 Å². The highest BCUT2D eigenvalue weighted by molar-refractivity contribution is 7.98. The van der Waals surface area contributed by atoms with E-state index in [0.717, 1.165) is 5.56 Å². The van der Waals surface area contributed by atoms with Crippen molar-refractivity contribution in [1.29, 1.82) is 0 Å². The molecule has 1 aromatic heterocycles. The molecule has 0 atom stereocenters. The summed E-state index contributed by atoms with van der Waals surface area (Å²) < 4.78 is 15.4. The summed E-state index contributed by atoms with van der Waals surface area (Å²) >= 11 is 1.44. The summed E-state index contributed by atoms with van der Waals surface area (Å²) in [6.45, 7) is 0.639. The minimum atomic E-state index is -0.199. The van der Waals surface area contributed by atoms with Crippen LogP contribution in [-0.4, -0.2) is 21.4 Å². The molecule has 3 rings (SSSR count). The maximum atomic E-state index is 13.6. The molecule has 0 saturated heterocycles. The zero-order valence-corrected chi connectivity index (χ0v) is 13.8. The zero-order chi connectivity index (χ0) is 16.6. The van der Waals surface area contributed by atoms with Crippen LogP contribution < -0.4 is 5.43 Å². The van der Waals surface area contributed by atoms with Crippen LogP contribution in [0.25, 0.3) is 6.08 Å². The summed E-state index contributed by atoms with van der Waals surface area (Å²) in [5.74, 6) is 0.308. The number of rotatable bonds is 7. The van der Waals surface area contributed by atoms with Gasteiger partial charge in [-0.05, 0) is 17.2 Å². The van der Waals surface area contributed by atoms with Gasteiger partial charge >= 0.3 is 0 Å². The summed E-state index contributed by atoms with van der Waals surface area (Å²) in [6.07, 6.45) is 5.68. The number of thioether (sulfide) groups is 1. The minimum Gasteiger partial charge on any atom is -0.319 e. The predicted molar refractivity (Wildman–Crippen MR) is 95.7 cm³/mol. The number of benzene rings is 2. The van der Waals surface area contributed by atoms with Crippen LogP contribution >= 0.6 is 11.8 Å². The van der Waals surface area contributed by atoms with Gasteiger partial charge in [0.25, 0.3) is 0 Å². The van der Waals surface area contributed by atoms with E-state index in [2.05, 4.69) is 15.6 Å². The number of aromatic nitrogens is 3. The van der Waals surface area contributed by atoms with Crippen molar-refractivity contribution in [2.75, 3.05) is 12.0 Å². The molecule has 24 heavy (non-hydrogen) atoms. The second-order valence-electron chi connectivity index (χ2n) is 5.04. The SMILES string of the molecule is Fc1ccccc1CSc1nncn1NCC=Cc1ccccc1. The van der Waals surface area contributed by atoms with Gasteiger partial charge in [0, 0.05) is 12.3 Å². The highest BCUT2D eigenvalue weighted by Gasteiger charge is 2.07. The lowest BCUT2D eigenvalue weighted by Gasteiger charge is -2.07. The molecule has 0 aliphatic rings. The van der Waals surface area contributed by atoms with Crippen molar-refractivity contribution in [3.05, 3.63) is 83.9 Å². The van der Waals surface area contributed by atoms with Gasteiger partial charge in [0.15, 0.2) is 0 Å². The van der Waals surface area contributed by atoms with Gasteiger partial charge in [-0.15, -0.1) is 10.2 Å². The van der Waals surface area contributed by atoms with E-state index in [9.17, 15) is 4.39 Å². The summed E-state index contributed by atoms with van der Waals surface area (Å²) in [5.41, 5.74) is 5.01. The number of hydrogen-bond acceptors (Lipinski definition) is 4. The van der Waals surface area contributed by atoms with E-state index in [1.807, 2.05) is 48.6 Å². The molecule has 2 aromatic carbocycles. The zero-order valence-electron chi connectivity index (χ0n) is 13.0. The fourth-order valence-corrected chi connectivity index (χ4v) is 2.97. The fourth-order valence-electron chi connectivity index (χ4n) is 2.10. The van der Waals surface area contributed by atoms with Crippen LogP contribution in [0.15, 0.2) is 72.2 Å². The maximum Gasteiger partial charge on any atom is 0.210 e. The molecule has 0 radical (unpaired) electrons. The Kier molecular flexibility index (Phi) is 5.63. The van der Waals surface area contributed by atoms with E-state index >= 15 is 0 Å². The maximum absolute atomic E-state index is 13.6. The molecule has 0 unspecified atom stereocenters. The molecule has 0 bridgehead atoms. The molecular formula is C18H17FN4S. The molecule has 0 saturated carbocycles. The smallest absolute Gasteiger partial charge is 0.210 e. The van der Waals surface area contributed by atoms with Gasteiger partial charge in [-0.2, -0.15) is 0 Å². The lowest BCUT2D eigenvalue weighted by molar-refractivity contribution is 0.617. The normalized spacial score (nSPS) is 11.0. The van der Waals surface area contributed by atoms with Crippen LogP contribution in [0.1, 0.15) is 11.1 Å². The first kappa shape index (κ1) is 16.3. The molecule has 1 heterocycles. The van der Waals surface area contributed by atoms with Gasteiger partial charge in [-0.1, -0.05) is 72.4 Å². The summed E-state index contributed by atoms with van der Waals surface area (Å²) in [6, 6.07) is 16.9. The second kappa shape index (κ2) is 8.31. The Morgan fingerprint density at radius 2 is 1.88 bits per heavy atom. The second-order valence-corrected chi connectivity index (χ2v) is 5.98. The number of halogens is 1. The van der Waals surface area contributed by atoms with Gasteiger partial charge in [0.1, 0.15) is 12.1 Å². The van der Waals surface area contributed by atoms with Gasteiger partial charge in [0.05, 0.1) is 0 Å². The molecule has 122 valence electrons. The Balaban J connectivity index is 1.54. The Morgan fingerprint density at radius 1 is 1.08 bits per heavy atom. The van der Waals surface area contributed by atoms with Crippen molar-refractivity contribution in [3.63, 3.8) is 0 Å². The van der Waals surface area contributed by atoms with Crippen LogP contribution in [0.2, 0.25) is 0 Å². The van der Waals surface area contributed by atoms with E-state index < -0.39 is 0 Å². The molecule has 0 fully saturated rings. The first-order valence-electron chi connectivity index (χ1n) is 7.54. The summed E-state index contributed by atoms with van der Waals surface area (Å²) in [5, 5.41) is 8.67. The third kappa shape index (κ3) is 4.45. The van der Waals surface area contributed by atoms with Crippen molar-refractivity contribution in [1.82, 2.24) is 14.9 Å². The Hall–Kier alpha value is -2.60. The molecule has 0 spiro atoms. The molecule has 6 heteroatoms. The summed E-state index contributed by atoms with van der Waals surface area (Å²) in [7, 11) is 0. The monoisotopic (exact) mass is 340 g/mol. The van der Waals surface area contributed by atoms with Crippen molar-refractivity contribution in [2.45, 2.75) is 10.9 Å². The minimum absolute atomic E-state index is 0.199. The molecule has 3 aromatic rings. The lowest BCUT2D eigenvalue weighted by Crippen LogP contribution is -2.14. The topological polar surface area (TPSA) is 42.7 Å². The highest BCUT2D eigenvalue weighted by Crippen LogP contribution is 2.21. The highest BCUT2D eigenvalue weighted by atomic mass is 32.2. The molecule has 0 amide bonds. The largest absolute Gasteiger partial charge is 0.319 e. The van der Waals surface area contributed by atoms with Crippen molar-refractivity contribution < 1.29 is 4.39 Å². The third-order valence-corrected chi connectivity index (χ3v) is 4.31. The molecule has 0 aliphatic carbocycles. The Labute approximate surface area is 144 Å². The van der Waals surface area contributed by atoms with Crippen LogP contribution in [0.3, 0.4) is 0 Å². The average Bonchev–Trinajstić information content (AvgIpc) is 3.06. The van der Waals surface area contributed by atoms with Crippen molar-refractivity contribution in [2.24, 2.45) is 0 Å². The standard InChI is InChI=1S/C18H17FN4S/c19-17-11-5-4-10-16(17)13-24-18-22-20-14-23(18)21-12-6-9-15-7-2-1-3-8-15/h1-11,14,21H,12-13H2. The van der Waals surface area contributed by atoms with Gasteiger partial charge < -0.3 is 5.43 Å². The van der Waals surface area contributed by atoms with Crippen molar-refractivity contribution in [3.8, 4) is 0 Å². The number of nitrogens with zero attached hydrogens (tertiary/aromatic N) is 3. The van der Waals surface area contributed by atoms with Gasteiger partial charge in [0.2, 0.25) is 5.16 Å². The van der Waals surface area contributed by atoms with E-state index in [-0.39, 0.29) is 5.82 Å². The summed E-state index contributed by atoms with van der Waals surface area (Å²) in [4.78, 5) is 0. The average molecular weight is 340 g/mol. The van der Waals surface area contributed by atoms with Gasteiger partial charge in [-0.25, -0.2) is 9.07 Å².